The molecule has 0 aromatic carbocycles. The molecular weight excluding hydrogens is 773 g/mol. The van der Waals surface area contributed by atoms with Gasteiger partial charge in [0.15, 0.2) is 12.6 Å². The largest absolute Gasteiger partial charge is 0.394 e. The van der Waals surface area contributed by atoms with Gasteiger partial charge in [-0.05, 0) is 12.8 Å². The first-order chi connectivity index (χ1) is 29.3. The van der Waals surface area contributed by atoms with Crippen LogP contribution in [0.5, 0.6) is 0 Å². The third-order valence-electron chi connectivity index (χ3n) is 12.2. The van der Waals surface area contributed by atoms with E-state index in [9.17, 15) is 35.7 Å². The lowest BCUT2D eigenvalue weighted by Crippen LogP contribution is -2.64. The Bertz CT molecular complexity index is 945. The van der Waals surface area contributed by atoms with Crippen molar-refractivity contribution in [3.8, 4) is 0 Å². The summed E-state index contributed by atoms with van der Waals surface area (Å²) in [6.07, 6.45) is 20.4. The van der Waals surface area contributed by atoms with Gasteiger partial charge >= 0.3 is 0 Å². The van der Waals surface area contributed by atoms with Gasteiger partial charge < -0.3 is 64.2 Å². The summed E-state index contributed by atoms with van der Waals surface area (Å²) < 4.78 is 35.1. The van der Waals surface area contributed by atoms with Gasteiger partial charge in [0.2, 0.25) is 0 Å². The Morgan fingerprint density at radius 3 is 1.27 bits per heavy atom. The van der Waals surface area contributed by atoms with E-state index in [0.717, 1.165) is 25.7 Å². The minimum Gasteiger partial charge on any atom is -0.394 e. The van der Waals surface area contributed by atoms with E-state index in [0.29, 0.717) is 19.8 Å². The normalized spacial score (nSPS) is 27.8. The van der Waals surface area contributed by atoms with Gasteiger partial charge in [-0.15, -0.1) is 0 Å². The predicted molar refractivity (Wildman–Crippen MR) is 234 cm³/mol. The van der Waals surface area contributed by atoms with Crippen LogP contribution in [0.1, 0.15) is 194 Å². The molecule has 2 heterocycles. The lowest BCUT2D eigenvalue weighted by Gasteiger charge is -2.46. The number of hydrogen-bond acceptors (Lipinski definition) is 13. The first-order valence-electron chi connectivity index (χ1n) is 24.7. The van der Waals surface area contributed by atoms with E-state index in [2.05, 4.69) is 13.8 Å². The molecule has 0 aromatic heterocycles. The van der Waals surface area contributed by atoms with Crippen molar-refractivity contribution in [2.75, 3.05) is 39.6 Å². The minimum atomic E-state index is -1.73. The van der Waals surface area contributed by atoms with Crippen LogP contribution >= 0.6 is 0 Å². The Morgan fingerprint density at radius 1 is 0.417 bits per heavy atom. The molecule has 2 fully saturated rings. The lowest BCUT2D eigenvalue weighted by molar-refractivity contribution is -0.360. The fraction of sp³-hybridized carbons (Fsp3) is 1.00. The molecule has 11 atom stereocenters. The van der Waals surface area contributed by atoms with E-state index in [-0.39, 0.29) is 6.61 Å². The molecular formula is C47H92O13. The number of rotatable bonds is 40. The SMILES string of the molecule is CCCCCCCCCCCCCCCCOC[C@H](CO[C@@H]1O[C@H](CO)[C@@H](O[C@@H]2O[C@H](CO)[C@H](O)[C@H](O)[C@H]2O)[C@H](O)[C@H]1O)OCCCCCCCCCCCCCCCC. The smallest absolute Gasteiger partial charge is 0.187 e. The van der Waals surface area contributed by atoms with Crippen LogP contribution in [0.25, 0.3) is 0 Å². The van der Waals surface area contributed by atoms with Crippen molar-refractivity contribution in [2.24, 2.45) is 0 Å². The maximum Gasteiger partial charge on any atom is 0.187 e. The molecule has 60 heavy (non-hydrogen) atoms. The number of aliphatic hydroxyl groups is 7. The number of unbranched alkanes of at least 4 members (excludes halogenated alkanes) is 26. The Balaban J connectivity index is 1.75. The van der Waals surface area contributed by atoms with Crippen LogP contribution in [0, 0.1) is 0 Å². The summed E-state index contributed by atoms with van der Waals surface area (Å²) in [6, 6.07) is 0. The van der Waals surface area contributed by atoms with Gasteiger partial charge in [0.1, 0.15) is 54.9 Å². The summed E-state index contributed by atoms with van der Waals surface area (Å²) in [7, 11) is 0. The van der Waals surface area contributed by atoms with Gasteiger partial charge in [0.05, 0.1) is 26.4 Å². The zero-order chi connectivity index (χ0) is 43.6. The molecule has 2 rings (SSSR count). The van der Waals surface area contributed by atoms with E-state index in [1.165, 1.54) is 154 Å². The Hall–Kier alpha value is -0.520. The Morgan fingerprint density at radius 2 is 0.817 bits per heavy atom. The van der Waals surface area contributed by atoms with E-state index >= 15 is 0 Å². The number of hydrogen-bond donors (Lipinski definition) is 7. The highest BCUT2D eigenvalue weighted by Gasteiger charge is 2.50. The van der Waals surface area contributed by atoms with Gasteiger partial charge in [-0.1, -0.05) is 181 Å². The molecule has 0 unspecified atom stereocenters. The molecule has 2 saturated heterocycles. The average molecular weight is 865 g/mol. The van der Waals surface area contributed by atoms with Crippen molar-refractivity contribution in [3.05, 3.63) is 0 Å². The third kappa shape index (κ3) is 24.0. The zero-order valence-corrected chi connectivity index (χ0v) is 38.0. The molecule has 2 aliphatic heterocycles. The third-order valence-corrected chi connectivity index (χ3v) is 12.2. The van der Waals surface area contributed by atoms with Crippen LogP contribution in [-0.2, 0) is 28.4 Å². The molecule has 358 valence electrons. The maximum atomic E-state index is 11.0. The van der Waals surface area contributed by atoms with E-state index in [1.807, 2.05) is 0 Å². The van der Waals surface area contributed by atoms with Crippen LogP contribution in [0.4, 0.5) is 0 Å². The van der Waals surface area contributed by atoms with Crippen LogP contribution in [0.3, 0.4) is 0 Å². The van der Waals surface area contributed by atoms with Crippen molar-refractivity contribution in [3.63, 3.8) is 0 Å². The zero-order valence-electron chi connectivity index (χ0n) is 38.0. The summed E-state index contributed by atoms with van der Waals surface area (Å²) in [5, 5.41) is 72.4. The highest BCUT2D eigenvalue weighted by atomic mass is 16.7. The summed E-state index contributed by atoms with van der Waals surface area (Å²) in [4.78, 5) is 0. The number of aliphatic hydroxyl groups excluding tert-OH is 7. The van der Waals surface area contributed by atoms with Gasteiger partial charge in [-0.2, -0.15) is 0 Å². The van der Waals surface area contributed by atoms with Crippen molar-refractivity contribution in [2.45, 2.75) is 261 Å². The fourth-order valence-corrected chi connectivity index (χ4v) is 8.20. The molecule has 7 N–H and O–H groups in total. The molecule has 2 aliphatic rings. The molecule has 13 nitrogen and oxygen atoms in total. The summed E-state index contributed by atoms with van der Waals surface area (Å²) in [6.45, 7) is 4.70. The van der Waals surface area contributed by atoms with Crippen LogP contribution in [0.15, 0.2) is 0 Å². The molecule has 0 amide bonds. The van der Waals surface area contributed by atoms with E-state index < -0.39 is 80.7 Å². The molecule has 0 saturated carbocycles. The second-order valence-electron chi connectivity index (χ2n) is 17.6. The van der Waals surface area contributed by atoms with E-state index in [1.54, 1.807) is 0 Å². The van der Waals surface area contributed by atoms with Crippen molar-refractivity contribution in [1.82, 2.24) is 0 Å². The Kier molecular flexibility index (Phi) is 34.1. The van der Waals surface area contributed by atoms with Gasteiger partial charge in [-0.3, -0.25) is 0 Å². The van der Waals surface area contributed by atoms with E-state index in [4.69, 9.17) is 28.4 Å². The molecule has 0 spiro atoms. The second-order valence-corrected chi connectivity index (χ2v) is 17.6. The summed E-state index contributed by atoms with van der Waals surface area (Å²) in [5.74, 6) is 0. The highest BCUT2D eigenvalue weighted by Crippen LogP contribution is 2.30. The highest BCUT2D eigenvalue weighted by molar-refractivity contribution is 4.94. The quantitative estimate of drug-likeness (QED) is 0.0312. The Labute approximate surface area is 364 Å². The monoisotopic (exact) mass is 865 g/mol. The van der Waals surface area contributed by atoms with Gasteiger partial charge in [0, 0.05) is 13.2 Å². The molecule has 0 aromatic rings. The van der Waals surface area contributed by atoms with Crippen LogP contribution < -0.4 is 0 Å². The van der Waals surface area contributed by atoms with Crippen molar-refractivity contribution >= 4 is 0 Å². The van der Waals surface area contributed by atoms with Crippen molar-refractivity contribution in [1.29, 1.82) is 0 Å². The number of ether oxygens (including phenoxy) is 6. The first kappa shape index (κ1) is 55.6. The van der Waals surface area contributed by atoms with Gasteiger partial charge in [-0.25, -0.2) is 0 Å². The topological polar surface area (TPSA) is 197 Å². The summed E-state index contributed by atoms with van der Waals surface area (Å²) >= 11 is 0. The summed E-state index contributed by atoms with van der Waals surface area (Å²) in [5.41, 5.74) is 0. The maximum absolute atomic E-state index is 11.0. The fourth-order valence-electron chi connectivity index (χ4n) is 8.20. The molecule has 0 bridgehead atoms. The average Bonchev–Trinajstić information content (AvgIpc) is 3.25. The van der Waals surface area contributed by atoms with Crippen molar-refractivity contribution < 1.29 is 64.2 Å². The predicted octanol–water partition coefficient (Wildman–Crippen LogP) is 6.99. The minimum absolute atomic E-state index is 0.0160. The standard InChI is InChI=1S/C47H92O13/c1-3-5-7-9-11-13-15-17-19-21-23-25-27-29-31-55-35-37(56-32-30-28-26-24-22-20-18-16-14-12-10-8-6-4-2)36-57-46-44(54)42(52)45(39(34-49)59-46)60-47-43(53)41(51)40(50)38(33-48)58-47/h37-54H,3-36H2,1-2H3/t37-,38-,39-,40+,41+,42-,43-,44-,45-,46-,47+/m1/s1. The first-order valence-corrected chi connectivity index (χ1v) is 24.7. The van der Waals surface area contributed by atoms with Gasteiger partial charge in [0.25, 0.3) is 0 Å². The van der Waals surface area contributed by atoms with Crippen LogP contribution in [-0.4, -0.2) is 143 Å². The lowest BCUT2D eigenvalue weighted by atomic mass is 9.97. The van der Waals surface area contributed by atoms with Crippen LogP contribution in [0.2, 0.25) is 0 Å². The molecule has 0 radical (unpaired) electrons. The molecule has 0 aliphatic carbocycles. The second kappa shape index (κ2) is 36.8. The molecule has 13 heteroatoms.